The van der Waals surface area contributed by atoms with E-state index in [2.05, 4.69) is 34.9 Å². The van der Waals surface area contributed by atoms with Crippen LogP contribution in [0.15, 0.2) is 48.5 Å². The minimum Gasteiger partial charge on any atom is -0.481 e. The van der Waals surface area contributed by atoms with Crippen LogP contribution in [0.25, 0.3) is 11.1 Å². The van der Waals surface area contributed by atoms with E-state index in [4.69, 9.17) is 9.84 Å². The molecule has 1 aliphatic carbocycles. The van der Waals surface area contributed by atoms with Gasteiger partial charge in [-0.3, -0.25) is 9.59 Å². The first kappa shape index (κ1) is 26.3. The maximum absolute atomic E-state index is 12.2. The standard InChI is InChI=1S/C28H36N2O5/c1-20(27(33)29-17-9-3-2-4-16-26(31)32)11-10-18-30-28(34)35-19-25-23-14-7-5-12-21(23)22-13-6-8-15-24(22)25/h5-8,12-15,20,25H,2-4,9-11,16-19H2,1H3,(H,29,33)(H,30,34)(H,31,32). The largest absolute Gasteiger partial charge is 0.481 e. The van der Waals surface area contributed by atoms with Crippen LogP contribution in [-0.4, -0.2) is 42.8 Å². The number of carbonyl (C=O) groups excluding carboxylic acids is 2. The Morgan fingerprint density at radius 1 is 0.857 bits per heavy atom. The summed E-state index contributed by atoms with van der Waals surface area (Å²) < 4.78 is 5.54. The number of fused-ring (bicyclic) bond motifs is 3. The molecule has 2 aromatic carbocycles. The fourth-order valence-corrected chi connectivity index (χ4v) is 4.52. The summed E-state index contributed by atoms with van der Waals surface area (Å²) in [5, 5.41) is 14.3. The molecule has 0 spiro atoms. The SMILES string of the molecule is CC(CCCNC(=O)OCC1c2ccccc2-c2ccccc21)C(=O)NCCCCCCC(=O)O. The zero-order chi connectivity index (χ0) is 25.0. The minimum atomic E-state index is -0.764. The Morgan fingerprint density at radius 3 is 2.11 bits per heavy atom. The van der Waals surface area contributed by atoms with E-state index < -0.39 is 12.1 Å². The molecular weight excluding hydrogens is 444 g/mol. The quantitative estimate of drug-likeness (QED) is 0.327. The van der Waals surface area contributed by atoms with Crippen LogP contribution in [0.4, 0.5) is 4.79 Å². The van der Waals surface area contributed by atoms with Crippen LogP contribution in [-0.2, 0) is 14.3 Å². The number of carbonyl (C=O) groups is 3. The first-order valence-corrected chi connectivity index (χ1v) is 12.6. The van der Waals surface area contributed by atoms with Crippen LogP contribution in [0.1, 0.15) is 68.9 Å². The Morgan fingerprint density at radius 2 is 1.46 bits per heavy atom. The van der Waals surface area contributed by atoms with Crippen molar-refractivity contribution in [1.82, 2.24) is 10.6 Å². The molecule has 0 radical (unpaired) electrons. The average Bonchev–Trinajstić information content (AvgIpc) is 3.18. The smallest absolute Gasteiger partial charge is 0.407 e. The molecule has 0 aromatic heterocycles. The molecule has 0 aliphatic heterocycles. The van der Waals surface area contributed by atoms with Gasteiger partial charge in [0.25, 0.3) is 0 Å². The molecule has 7 nitrogen and oxygen atoms in total. The molecule has 3 N–H and O–H groups in total. The van der Waals surface area contributed by atoms with Gasteiger partial charge in [0, 0.05) is 31.3 Å². The molecule has 0 fully saturated rings. The Kier molecular flexibility index (Phi) is 10.1. The van der Waals surface area contributed by atoms with Crippen molar-refractivity contribution < 1.29 is 24.2 Å². The van der Waals surface area contributed by atoms with Crippen molar-refractivity contribution in [2.75, 3.05) is 19.7 Å². The van der Waals surface area contributed by atoms with Gasteiger partial charge < -0.3 is 20.5 Å². The van der Waals surface area contributed by atoms with Crippen molar-refractivity contribution in [3.05, 3.63) is 59.7 Å². The number of carboxylic acid groups (broad SMARTS) is 1. The van der Waals surface area contributed by atoms with Gasteiger partial charge in [-0.2, -0.15) is 0 Å². The Labute approximate surface area is 207 Å². The summed E-state index contributed by atoms with van der Waals surface area (Å²) in [6, 6.07) is 16.5. The third-order valence-corrected chi connectivity index (χ3v) is 6.49. The average molecular weight is 481 g/mol. The number of hydrogen-bond donors (Lipinski definition) is 3. The van der Waals surface area contributed by atoms with Gasteiger partial charge in [0.1, 0.15) is 6.61 Å². The van der Waals surface area contributed by atoms with E-state index >= 15 is 0 Å². The van der Waals surface area contributed by atoms with Crippen LogP contribution >= 0.6 is 0 Å². The Balaban J connectivity index is 1.29. The number of ether oxygens (including phenoxy) is 1. The number of nitrogens with one attached hydrogen (secondary N) is 2. The number of hydrogen-bond acceptors (Lipinski definition) is 4. The summed E-state index contributed by atoms with van der Waals surface area (Å²) in [5.74, 6) is -0.850. The fourth-order valence-electron chi connectivity index (χ4n) is 4.52. The highest BCUT2D eigenvalue weighted by molar-refractivity contribution is 5.79. The first-order chi connectivity index (χ1) is 17.0. The molecule has 0 saturated heterocycles. The van der Waals surface area contributed by atoms with Crippen molar-refractivity contribution in [2.45, 2.75) is 57.8 Å². The van der Waals surface area contributed by atoms with Gasteiger partial charge in [-0.1, -0.05) is 68.3 Å². The molecular formula is C28H36N2O5. The third-order valence-electron chi connectivity index (χ3n) is 6.49. The molecule has 1 atom stereocenters. The van der Waals surface area contributed by atoms with Gasteiger partial charge in [0.2, 0.25) is 5.91 Å². The highest BCUT2D eigenvalue weighted by atomic mass is 16.5. The van der Waals surface area contributed by atoms with E-state index in [0.29, 0.717) is 32.4 Å². The lowest BCUT2D eigenvalue weighted by molar-refractivity contribution is -0.137. The van der Waals surface area contributed by atoms with Crippen LogP contribution in [0.2, 0.25) is 0 Å². The lowest BCUT2D eigenvalue weighted by Crippen LogP contribution is -2.31. The summed E-state index contributed by atoms with van der Waals surface area (Å²) >= 11 is 0. The molecule has 0 saturated carbocycles. The van der Waals surface area contributed by atoms with Crippen LogP contribution in [0.3, 0.4) is 0 Å². The summed E-state index contributed by atoms with van der Waals surface area (Å²) in [7, 11) is 0. The number of benzene rings is 2. The van der Waals surface area contributed by atoms with Crippen LogP contribution in [0.5, 0.6) is 0 Å². The predicted molar refractivity (Wildman–Crippen MR) is 135 cm³/mol. The second kappa shape index (κ2) is 13.5. The number of unbranched alkanes of at least 4 members (excludes halogenated alkanes) is 3. The maximum Gasteiger partial charge on any atom is 0.407 e. The van der Waals surface area contributed by atoms with E-state index in [1.807, 2.05) is 31.2 Å². The Bertz CT molecular complexity index is 961. The highest BCUT2D eigenvalue weighted by Crippen LogP contribution is 2.44. The monoisotopic (exact) mass is 480 g/mol. The van der Waals surface area contributed by atoms with E-state index in [0.717, 1.165) is 19.3 Å². The zero-order valence-corrected chi connectivity index (χ0v) is 20.4. The normalized spacial score (nSPS) is 12.9. The van der Waals surface area contributed by atoms with Crippen molar-refractivity contribution in [3.63, 3.8) is 0 Å². The van der Waals surface area contributed by atoms with Crippen molar-refractivity contribution in [3.8, 4) is 11.1 Å². The second-order valence-electron chi connectivity index (χ2n) is 9.14. The molecule has 2 aromatic rings. The topological polar surface area (TPSA) is 105 Å². The second-order valence-corrected chi connectivity index (χ2v) is 9.14. The number of amides is 2. The zero-order valence-electron chi connectivity index (χ0n) is 20.4. The third kappa shape index (κ3) is 7.84. The number of rotatable bonds is 14. The van der Waals surface area contributed by atoms with E-state index in [-0.39, 0.29) is 30.8 Å². The number of alkyl carbamates (subject to hydrolysis) is 1. The minimum absolute atomic E-state index is 0.0108. The van der Waals surface area contributed by atoms with Gasteiger partial charge in [-0.05, 0) is 47.9 Å². The van der Waals surface area contributed by atoms with Crippen molar-refractivity contribution in [2.24, 2.45) is 5.92 Å². The maximum atomic E-state index is 12.2. The van der Waals surface area contributed by atoms with Gasteiger partial charge >= 0.3 is 12.1 Å². The molecule has 35 heavy (non-hydrogen) atoms. The molecule has 1 unspecified atom stereocenters. The Hall–Kier alpha value is -3.35. The molecule has 0 bridgehead atoms. The van der Waals surface area contributed by atoms with Crippen molar-refractivity contribution in [1.29, 1.82) is 0 Å². The molecule has 0 heterocycles. The lowest BCUT2D eigenvalue weighted by atomic mass is 9.98. The van der Waals surface area contributed by atoms with Gasteiger partial charge in [-0.25, -0.2) is 4.79 Å². The first-order valence-electron chi connectivity index (χ1n) is 12.6. The van der Waals surface area contributed by atoms with Gasteiger partial charge in [-0.15, -0.1) is 0 Å². The summed E-state index contributed by atoms with van der Waals surface area (Å²) in [6.07, 6.45) is 4.42. The predicted octanol–water partition coefficient (Wildman–Crippen LogP) is 5.09. The summed E-state index contributed by atoms with van der Waals surface area (Å²) in [5.41, 5.74) is 4.76. The van der Waals surface area contributed by atoms with Crippen LogP contribution in [0, 0.1) is 5.92 Å². The summed E-state index contributed by atoms with van der Waals surface area (Å²) in [6.45, 7) is 3.23. The molecule has 3 rings (SSSR count). The molecule has 1 aliphatic rings. The number of carboxylic acids is 1. The van der Waals surface area contributed by atoms with E-state index in [1.165, 1.54) is 22.3 Å². The van der Waals surface area contributed by atoms with Gasteiger partial charge in [0.15, 0.2) is 0 Å². The van der Waals surface area contributed by atoms with E-state index in [1.54, 1.807) is 0 Å². The molecule has 2 amide bonds. The van der Waals surface area contributed by atoms with E-state index in [9.17, 15) is 14.4 Å². The highest BCUT2D eigenvalue weighted by Gasteiger charge is 2.28. The van der Waals surface area contributed by atoms with Gasteiger partial charge in [0.05, 0.1) is 0 Å². The summed E-state index contributed by atoms with van der Waals surface area (Å²) in [4.78, 5) is 34.9. The van der Waals surface area contributed by atoms with Crippen molar-refractivity contribution >= 4 is 18.0 Å². The molecule has 188 valence electrons. The fraction of sp³-hybridized carbons (Fsp3) is 0.464. The lowest BCUT2D eigenvalue weighted by Gasteiger charge is -2.15. The number of aliphatic carboxylic acids is 1. The van der Waals surface area contributed by atoms with Crippen LogP contribution < -0.4 is 10.6 Å². The molecule has 7 heteroatoms.